The largest absolute Gasteiger partial charge is 0.497 e. The predicted octanol–water partition coefficient (Wildman–Crippen LogP) is 2.94. The SMILES string of the molecule is COc1ccc(C2C(C(=O)c3ccc(Cl)cc3)C(=O)C(=O)N2C)c(OC)c1. The van der Waals surface area contributed by atoms with Gasteiger partial charge in [-0.1, -0.05) is 11.6 Å². The molecule has 2 atom stereocenters. The number of likely N-dealkylation sites (tertiary alicyclic amines) is 1. The Labute approximate surface area is 161 Å². The molecule has 6 nitrogen and oxygen atoms in total. The van der Waals surface area contributed by atoms with Crippen LogP contribution < -0.4 is 9.47 Å². The second kappa shape index (κ2) is 7.40. The van der Waals surface area contributed by atoms with Crippen molar-refractivity contribution in [3.8, 4) is 11.5 Å². The number of Topliss-reactive ketones (excluding diaryl/α,β-unsaturated/α-hetero) is 2. The van der Waals surface area contributed by atoms with E-state index in [2.05, 4.69) is 0 Å². The van der Waals surface area contributed by atoms with Crippen LogP contribution in [0.3, 0.4) is 0 Å². The molecular weight excluding hydrogens is 370 g/mol. The van der Waals surface area contributed by atoms with Gasteiger partial charge in [0.2, 0.25) is 5.78 Å². The van der Waals surface area contributed by atoms with E-state index in [1.54, 1.807) is 42.5 Å². The molecule has 1 aliphatic rings. The van der Waals surface area contributed by atoms with Crippen LogP contribution in [-0.2, 0) is 9.59 Å². The highest BCUT2D eigenvalue weighted by Gasteiger charge is 2.51. The van der Waals surface area contributed by atoms with E-state index < -0.39 is 29.4 Å². The van der Waals surface area contributed by atoms with E-state index in [0.717, 1.165) is 0 Å². The maximum absolute atomic E-state index is 13.1. The molecule has 0 saturated carbocycles. The van der Waals surface area contributed by atoms with E-state index in [9.17, 15) is 14.4 Å². The summed E-state index contributed by atoms with van der Waals surface area (Å²) in [6, 6.07) is 10.5. The summed E-state index contributed by atoms with van der Waals surface area (Å²) in [7, 11) is 4.51. The highest BCUT2D eigenvalue weighted by molar-refractivity contribution is 6.44. The zero-order valence-electron chi connectivity index (χ0n) is 15.1. The third-order valence-electron chi connectivity index (χ3n) is 4.72. The van der Waals surface area contributed by atoms with Gasteiger partial charge in [-0.05, 0) is 36.4 Å². The summed E-state index contributed by atoms with van der Waals surface area (Å²) in [5.41, 5.74) is 0.880. The Hall–Kier alpha value is -2.86. The second-order valence-corrected chi connectivity index (χ2v) is 6.62. The van der Waals surface area contributed by atoms with Crippen molar-refractivity contribution in [2.45, 2.75) is 6.04 Å². The van der Waals surface area contributed by atoms with E-state index in [-0.39, 0.29) is 0 Å². The Morgan fingerprint density at radius 2 is 1.70 bits per heavy atom. The molecule has 0 spiro atoms. The lowest BCUT2D eigenvalue weighted by atomic mass is 9.86. The number of hydrogen-bond donors (Lipinski definition) is 0. The summed E-state index contributed by atoms with van der Waals surface area (Å²) in [6.45, 7) is 0. The van der Waals surface area contributed by atoms with Gasteiger partial charge in [-0.2, -0.15) is 0 Å². The van der Waals surface area contributed by atoms with Gasteiger partial charge in [0.1, 0.15) is 17.4 Å². The maximum atomic E-state index is 13.1. The molecule has 1 heterocycles. The lowest BCUT2D eigenvalue weighted by Crippen LogP contribution is -2.28. The normalized spacial score (nSPS) is 19.3. The Morgan fingerprint density at radius 1 is 1.04 bits per heavy atom. The molecule has 27 heavy (non-hydrogen) atoms. The minimum absolute atomic E-state index is 0.318. The third-order valence-corrected chi connectivity index (χ3v) is 4.97. The first kappa shape index (κ1) is 18.9. The molecule has 140 valence electrons. The number of carbonyl (C=O) groups excluding carboxylic acids is 3. The number of amides is 1. The van der Waals surface area contributed by atoms with Crippen molar-refractivity contribution in [1.29, 1.82) is 0 Å². The first-order chi connectivity index (χ1) is 12.9. The van der Waals surface area contributed by atoms with Crippen LogP contribution in [0.4, 0.5) is 0 Å². The van der Waals surface area contributed by atoms with E-state index in [1.165, 1.54) is 26.2 Å². The molecule has 0 aliphatic carbocycles. The van der Waals surface area contributed by atoms with Crippen molar-refractivity contribution in [2.75, 3.05) is 21.3 Å². The molecule has 0 aromatic heterocycles. The van der Waals surface area contributed by atoms with Gasteiger partial charge in [0, 0.05) is 29.3 Å². The second-order valence-electron chi connectivity index (χ2n) is 6.18. The standard InChI is InChI=1S/C20H18ClNO5/c1-22-17(14-9-8-13(26-2)10-15(14)27-3)16(19(24)20(22)25)18(23)11-4-6-12(21)7-5-11/h4-10,16-17H,1-3H3. The van der Waals surface area contributed by atoms with Crippen LogP contribution in [0.5, 0.6) is 11.5 Å². The van der Waals surface area contributed by atoms with Crippen LogP contribution in [0.2, 0.25) is 5.02 Å². The molecule has 1 fully saturated rings. The van der Waals surface area contributed by atoms with Crippen LogP contribution in [0.25, 0.3) is 0 Å². The number of rotatable bonds is 5. The van der Waals surface area contributed by atoms with Crippen molar-refractivity contribution in [3.63, 3.8) is 0 Å². The van der Waals surface area contributed by atoms with Crippen LogP contribution in [-0.4, -0.2) is 43.6 Å². The summed E-state index contributed by atoms with van der Waals surface area (Å²) in [5.74, 6) is -2.04. The summed E-state index contributed by atoms with van der Waals surface area (Å²) in [5, 5.41) is 0.478. The van der Waals surface area contributed by atoms with Crippen molar-refractivity contribution in [2.24, 2.45) is 5.92 Å². The van der Waals surface area contributed by atoms with Gasteiger partial charge < -0.3 is 14.4 Å². The number of hydrogen-bond acceptors (Lipinski definition) is 5. The van der Waals surface area contributed by atoms with Crippen LogP contribution in [0, 0.1) is 5.92 Å². The highest BCUT2D eigenvalue weighted by atomic mass is 35.5. The number of carbonyl (C=O) groups is 3. The van der Waals surface area contributed by atoms with E-state index in [1.807, 2.05) is 0 Å². The fraction of sp³-hybridized carbons (Fsp3) is 0.250. The zero-order valence-corrected chi connectivity index (χ0v) is 15.8. The quantitative estimate of drug-likeness (QED) is 0.448. The number of likely N-dealkylation sites (N-methyl/N-ethyl adjacent to an activating group) is 1. The van der Waals surface area contributed by atoms with Gasteiger partial charge in [-0.25, -0.2) is 0 Å². The van der Waals surface area contributed by atoms with Crippen LogP contribution in [0.15, 0.2) is 42.5 Å². The molecule has 2 aromatic carbocycles. The fourth-order valence-electron chi connectivity index (χ4n) is 3.31. The minimum atomic E-state index is -1.16. The molecular formula is C20H18ClNO5. The average Bonchev–Trinajstić information content (AvgIpc) is 2.91. The van der Waals surface area contributed by atoms with E-state index in [4.69, 9.17) is 21.1 Å². The maximum Gasteiger partial charge on any atom is 0.291 e. The Bertz CT molecular complexity index is 909. The number of methoxy groups -OCH3 is 2. The summed E-state index contributed by atoms with van der Waals surface area (Å²) in [4.78, 5) is 39.3. The van der Waals surface area contributed by atoms with Crippen molar-refractivity contribution < 1.29 is 23.9 Å². The minimum Gasteiger partial charge on any atom is -0.497 e. The van der Waals surface area contributed by atoms with Gasteiger partial charge in [0.15, 0.2) is 5.78 Å². The van der Waals surface area contributed by atoms with Crippen molar-refractivity contribution in [3.05, 3.63) is 58.6 Å². The van der Waals surface area contributed by atoms with Crippen molar-refractivity contribution in [1.82, 2.24) is 4.90 Å². The highest BCUT2D eigenvalue weighted by Crippen LogP contribution is 2.42. The number of ketones is 2. The van der Waals surface area contributed by atoms with Crippen LogP contribution >= 0.6 is 11.6 Å². The van der Waals surface area contributed by atoms with E-state index in [0.29, 0.717) is 27.6 Å². The molecule has 0 N–H and O–H groups in total. The van der Waals surface area contributed by atoms with E-state index >= 15 is 0 Å². The first-order valence-corrected chi connectivity index (χ1v) is 8.59. The zero-order chi connectivity index (χ0) is 19.7. The molecule has 1 aliphatic heterocycles. The smallest absolute Gasteiger partial charge is 0.291 e. The summed E-state index contributed by atoms with van der Waals surface area (Å²) < 4.78 is 10.6. The van der Waals surface area contributed by atoms with Gasteiger partial charge in [0.05, 0.1) is 20.3 Å². The molecule has 7 heteroatoms. The molecule has 1 amide bonds. The molecule has 3 rings (SSSR count). The number of halogens is 1. The fourth-order valence-corrected chi connectivity index (χ4v) is 3.43. The topological polar surface area (TPSA) is 72.9 Å². The Balaban J connectivity index is 2.09. The molecule has 2 unspecified atom stereocenters. The number of ether oxygens (including phenoxy) is 2. The van der Waals surface area contributed by atoms with Gasteiger partial charge in [-0.3, -0.25) is 14.4 Å². The number of benzene rings is 2. The molecule has 0 bridgehead atoms. The Kier molecular flexibility index (Phi) is 5.19. The van der Waals surface area contributed by atoms with Gasteiger partial charge in [-0.15, -0.1) is 0 Å². The van der Waals surface area contributed by atoms with Gasteiger partial charge in [0.25, 0.3) is 5.91 Å². The lowest BCUT2D eigenvalue weighted by Gasteiger charge is -2.25. The molecule has 2 aromatic rings. The van der Waals surface area contributed by atoms with Gasteiger partial charge >= 0.3 is 0 Å². The molecule has 0 radical (unpaired) electrons. The van der Waals surface area contributed by atoms with Crippen LogP contribution in [0.1, 0.15) is 22.0 Å². The predicted molar refractivity (Wildman–Crippen MR) is 99.3 cm³/mol. The average molecular weight is 388 g/mol. The first-order valence-electron chi connectivity index (χ1n) is 8.21. The third kappa shape index (κ3) is 3.28. The monoisotopic (exact) mass is 387 g/mol. The lowest BCUT2D eigenvalue weighted by molar-refractivity contribution is -0.140. The summed E-state index contributed by atoms with van der Waals surface area (Å²) in [6.07, 6.45) is 0. The summed E-state index contributed by atoms with van der Waals surface area (Å²) >= 11 is 5.87. The number of nitrogens with zero attached hydrogens (tertiary/aromatic N) is 1. The molecule has 1 saturated heterocycles. The van der Waals surface area contributed by atoms with Crippen molar-refractivity contribution >= 4 is 29.1 Å². The Morgan fingerprint density at radius 3 is 2.30 bits per heavy atom.